The molecule has 1 aromatic carbocycles. The first-order valence-electron chi connectivity index (χ1n) is 5.75. The monoisotopic (exact) mass is 300 g/mol. The van der Waals surface area contributed by atoms with Crippen LogP contribution in [0.3, 0.4) is 0 Å². The first-order valence-corrected chi connectivity index (χ1v) is 6.54. The summed E-state index contributed by atoms with van der Waals surface area (Å²) in [5.41, 5.74) is 0.861. The van der Waals surface area contributed by atoms with E-state index in [2.05, 4.69) is 22.9 Å². The van der Waals surface area contributed by atoms with Crippen molar-refractivity contribution < 1.29 is 14.6 Å². The van der Waals surface area contributed by atoms with E-state index in [9.17, 15) is 5.11 Å². The number of rotatable bonds is 3. The Labute approximate surface area is 110 Å². The van der Waals surface area contributed by atoms with Crippen molar-refractivity contribution >= 4 is 15.9 Å². The molecule has 3 atom stereocenters. The predicted molar refractivity (Wildman–Crippen MR) is 69.2 cm³/mol. The van der Waals surface area contributed by atoms with Crippen molar-refractivity contribution in [3.63, 3.8) is 0 Å². The average Bonchev–Trinajstić information content (AvgIpc) is 2.30. The molecule has 0 saturated carbocycles. The standard InChI is InChI=1S/C13H17BrO3/c1-8(7-16-2)13-6-11(15)10-5-9(14)3-4-12(10)17-13/h3-5,8,11,13,15H,6-7H2,1-2H3/t8?,11-,13?/m1/s1. The molecule has 1 aromatic rings. The molecule has 94 valence electrons. The lowest BCUT2D eigenvalue weighted by atomic mass is 9.93. The average molecular weight is 301 g/mol. The van der Waals surface area contributed by atoms with Crippen LogP contribution in [0, 0.1) is 5.92 Å². The summed E-state index contributed by atoms with van der Waals surface area (Å²) in [6, 6.07) is 5.74. The minimum Gasteiger partial charge on any atom is -0.490 e. The fourth-order valence-corrected chi connectivity index (χ4v) is 2.54. The molecular weight excluding hydrogens is 284 g/mol. The van der Waals surface area contributed by atoms with Gasteiger partial charge in [0.25, 0.3) is 0 Å². The fourth-order valence-electron chi connectivity index (χ4n) is 2.16. The van der Waals surface area contributed by atoms with Crippen LogP contribution in [0.1, 0.15) is 25.0 Å². The van der Waals surface area contributed by atoms with E-state index in [-0.39, 0.29) is 12.0 Å². The largest absolute Gasteiger partial charge is 0.490 e. The predicted octanol–water partition coefficient (Wildman–Crippen LogP) is 2.92. The van der Waals surface area contributed by atoms with Gasteiger partial charge in [0.1, 0.15) is 11.9 Å². The number of aliphatic hydroxyl groups excluding tert-OH is 1. The van der Waals surface area contributed by atoms with Crippen LogP contribution in [0.15, 0.2) is 22.7 Å². The van der Waals surface area contributed by atoms with Gasteiger partial charge in [-0.2, -0.15) is 0 Å². The molecule has 0 fully saturated rings. The summed E-state index contributed by atoms with van der Waals surface area (Å²) in [6.07, 6.45) is 0.174. The number of fused-ring (bicyclic) bond motifs is 1. The van der Waals surface area contributed by atoms with E-state index in [1.165, 1.54) is 0 Å². The maximum atomic E-state index is 10.1. The van der Waals surface area contributed by atoms with Crippen molar-refractivity contribution in [2.75, 3.05) is 13.7 Å². The minimum absolute atomic E-state index is 0.0126. The molecule has 3 nitrogen and oxygen atoms in total. The molecule has 0 aliphatic carbocycles. The molecule has 0 radical (unpaired) electrons. The first-order chi connectivity index (χ1) is 8.11. The molecule has 0 spiro atoms. The van der Waals surface area contributed by atoms with Crippen LogP contribution < -0.4 is 4.74 Å². The van der Waals surface area contributed by atoms with Gasteiger partial charge in [-0.1, -0.05) is 22.9 Å². The maximum absolute atomic E-state index is 10.1. The van der Waals surface area contributed by atoms with Gasteiger partial charge < -0.3 is 14.6 Å². The van der Waals surface area contributed by atoms with Crippen LogP contribution in [-0.4, -0.2) is 24.9 Å². The quantitative estimate of drug-likeness (QED) is 0.933. The number of methoxy groups -OCH3 is 1. The molecule has 0 aromatic heterocycles. The lowest BCUT2D eigenvalue weighted by Crippen LogP contribution is -2.33. The number of benzene rings is 1. The maximum Gasteiger partial charge on any atom is 0.125 e. The molecule has 0 saturated heterocycles. The highest BCUT2D eigenvalue weighted by Gasteiger charge is 2.30. The second-order valence-electron chi connectivity index (χ2n) is 4.52. The van der Waals surface area contributed by atoms with E-state index in [4.69, 9.17) is 9.47 Å². The second kappa shape index (κ2) is 5.38. The topological polar surface area (TPSA) is 38.7 Å². The summed E-state index contributed by atoms with van der Waals surface area (Å²) >= 11 is 3.40. The Bertz CT molecular complexity index is 394. The van der Waals surface area contributed by atoms with Gasteiger partial charge in [0.2, 0.25) is 0 Å². The van der Waals surface area contributed by atoms with Crippen LogP contribution in [0.4, 0.5) is 0 Å². The van der Waals surface area contributed by atoms with Crippen molar-refractivity contribution in [2.45, 2.75) is 25.6 Å². The molecule has 4 heteroatoms. The highest BCUT2D eigenvalue weighted by Crippen LogP contribution is 2.38. The van der Waals surface area contributed by atoms with E-state index in [0.717, 1.165) is 15.8 Å². The molecule has 1 aliphatic heterocycles. The third-order valence-electron chi connectivity index (χ3n) is 3.13. The summed E-state index contributed by atoms with van der Waals surface area (Å²) in [4.78, 5) is 0. The molecule has 0 bridgehead atoms. The normalized spacial score (nSPS) is 24.9. The van der Waals surface area contributed by atoms with Crippen LogP contribution in [-0.2, 0) is 4.74 Å². The number of aliphatic hydroxyl groups is 1. The highest BCUT2D eigenvalue weighted by molar-refractivity contribution is 9.10. The zero-order valence-corrected chi connectivity index (χ0v) is 11.6. The highest BCUT2D eigenvalue weighted by atomic mass is 79.9. The number of halogens is 1. The summed E-state index contributed by atoms with van der Waals surface area (Å²) < 4.78 is 12.0. The van der Waals surface area contributed by atoms with E-state index >= 15 is 0 Å². The Balaban J connectivity index is 2.18. The summed E-state index contributed by atoms with van der Waals surface area (Å²) in [6.45, 7) is 2.72. The molecule has 1 N–H and O–H groups in total. The van der Waals surface area contributed by atoms with Crippen molar-refractivity contribution in [3.8, 4) is 5.75 Å². The van der Waals surface area contributed by atoms with E-state index in [1.54, 1.807) is 7.11 Å². The zero-order valence-electron chi connectivity index (χ0n) is 10.0. The smallest absolute Gasteiger partial charge is 0.125 e. The van der Waals surface area contributed by atoms with Crippen molar-refractivity contribution in [1.82, 2.24) is 0 Å². The molecule has 2 unspecified atom stereocenters. The van der Waals surface area contributed by atoms with Crippen molar-refractivity contribution in [1.29, 1.82) is 0 Å². The van der Waals surface area contributed by atoms with Crippen molar-refractivity contribution in [2.24, 2.45) is 5.92 Å². The van der Waals surface area contributed by atoms with Crippen LogP contribution >= 0.6 is 15.9 Å². The van der Waals surface area contributed by atoms with E-state index in [1.807, 2.05) is 18.2 Å². The molecular formula is C13H17BrO3. The SMILES string of the molecule is COCC(C)C1C[C@@H](O)c2cc(Br)ccc2O1. The number of hydrogen-bond donors (Lipinski definition) is 1. The molecule has 17 heavy (non-hydrogen) atoms. The van der Waals surface area contributed by atoms with Crippen LogP contribution in [0.5, 0.6) is 5.75 Å². The van der Waals surface area contributed by atoms with Gasteiger partial charge in [-0.25, -0.2) is 0 Å². The summed E-state index contributed by atoms with van der Waals surface area (Å²) in [7, 11) is 1.68. The van der Waals surface area contributed by atoms with Gasteiger partial charge >= 0.3 is 0 Å². The Morgan fingerprint density at radius 1 is 1.59 bits per heavy atom. The Morgan fingerprint density at radius 2 is 2.35 bits per heavy atom. The van der Waals surface area contributed by atoms with Gasteiger partial charge in [0.05, 0.1) is 12.7 Å². The van der Waals surface area contributed by atoms with Gasteiger partial charge in [-0.3, -0.25) is 0 Å². The Morgan fingerprint density at radius 3 is 3.06 bits per heavy atom. The third-order valence-corrected chi connectivity index (χ3v) is 3.62. The van der Waals surface area contributed by atoms with Gasteiger partial charge in [-0.15, -0.1) is 0 Å². The summed E-state index contributed by atoms with van der Waals surface area (Å²) in [5.74, 6) is 1.05. The summed E-state index contributed by atoms with van der Waals surface area (Å²) in [5, 5.41) is 10.1. The molecule has 1 aliphatic rings. The van der Waals surface area contributed by atoms with E-state index < -0.39 is 6.10 Å². The molecule has 2 rings (SSSR count). The van der Waals surface area contributed by atoms with Gasteiger partial charge in [0.15, 0.2) is 0 Å². The first kappa shape index (κ1) is 12.9. The second-order valence-corrected chi connectivity index (χ2v) is 5.44. The van der Waals surface area contributed by atoms with Crippen molar-refractivity contribution in [3.05, 3.63) is 28.2 Å². The zero-order chi connectivity index (χ0) is 12.4. The molecule has 1 heterocycles. The van der Waals surface area contributed by atoms with Crippen LogP contribution in [0.25, 0.3) is 0 Å². The lowest BCUT2D eigenvalue weighted by Gasteiger charge is -2.33. The fraction of sp³-hybridized carbons (Fsp3) is 0.538. The lowest BCUT2D eigenvalue weighted by molar-refractivity contribution is 0.0136. The minimum atomic E-state index is -0.458. The third kappa shape index (κ3) is 2.81. The number of hydrogen-bond acceptors (Lipinski definition) is 3. The van der Waals surface area contributed by atoms with E-state index in [0.29, 0.717) is 13.0 Å². The number of ether oxygens (including phenoxy) is 2. The van der Waals surface area contributed by atoms with Gasteiger partial charge in [0, 0.05) is 29.5 Å². The Kier molecular flexibility index (Phi) is 4.07. The van der Waals surface area contributed by atoms with Gasteiger partial charge in [-0.05, 0) is 18.2 Å². The molecule has 0 amide bonds. The Hall–Kier alpha value is -0.580. The van der Waals surface area contributed by atoms with Crippen LogP contribution in [0.2, 0.25) is 0 Å².